The topological polar surface area (TPSA) is 54.0 Å². The lowest BCUT2D eigenvalue weighted by molar-refractivity contribution is -0.132. The van der Waals surface area contributed by atoms with Crippen LogP contribution in [0.4, 0.5) is 0 Å². The van der Waals surface area contributed by atoms with Gasteiger partial charge in [0.05, 0.1) is 7.11 Å². The van der Waals surface area contributed by atoms with Crippen LogP contribution in [0.1, 0.15) is 18.1 Å². The Hall–Kier alpha value is -3.05. The van der Waals surface area contributed by atoms with Gasteiger partial charge in [0.1, 0.15) is 17.3 Å². The zero-order valence-electron chi connectivity index (χ0n) is 14.7. The summed E-state index contributed by atoms with van der Waals surface area (Å²) in [5, 5.41) is 0. The number of benzene rings is 2. The average molecular weight is 352 g/mol. The number of esters is 1. The molecule has 0 fully saturated rings. The molecule has 2 aromatic carbocycles. The van der Waals surface area contributed by atoms with Gasteiger partial charge in [0.15, 0.2) is 6.79 Å². The minimum atomic E-state index is -0.378. The van der Waals surface area contributed by atoms with Gasteiger partial charge < -0.3 is 18.9 Å². The lowest BCUT2D eigenvalue weighted by Crippen LogP contribution is -2.01. The summed E-state index contributed by atoms with van der Waals surface area (Å²) >= 11 is 0. The summed E-state index contributed by atoms with van der Waals surface area (Å²) in [7, 11) is 1.62. The Morgan fingerprint density at radius 3 is 2.35 bits per heavy atom. The molecule has 0 bridgehead atoms. The standard InChI is InChI=1S/C21H20O5/c1-3-24-14-25-18-10-6-16(7-11-18)19-13-21(22)26-20(19)12-15-4-8-17(23-2)9-5-15/h4-13H,3,14H2,1-2H3/b20-12-. The van der Waals surface area contributed by atoms with E-state index in [1.807, 2.05) is 61.5 Å². The number of hydrogen-bond donors (Lipinski definition) is 0. The second-order valence-corrected chi connectivity index (χ2v) is 5.54. The molecule has 5 heteroatoms. The van der Waals surface area contributed by atoms with E-state index in [1.165, 1.54) is 6.08 Å². The lowest BCUT2D eigenvalue weighted by Gasteiger charge is -2.08. The smallest absolute Gasteiger partial charge is 0.336 e. The summed E-state index contributed by atoms with van der Waals surface area (Å²) in [6, 6.07) is 15.0. The van der Waals surface area contributed by atoms with Crippen LogP contribution in [-0.2, 0) is 14.3 Å². The second-order valence-electron chi connectivity index (χ2n) is 5.54. The summed E-state index contributed by atoms with van der Waals surface area (Å²) in [6.45, 7) is 2.72. The molecule has 3 rings (SSSR count). The Balaban J connectivity index is 1.79. The zero-order valence-corrected chi connectivity index (χ0v) is 14.7. The minimum absolute atomic E-state index is 0.211. The van der Waals surface area contributed by atoms with Gasteiger partial charge in [-0.15, -0.1) is 0 Å². The van der Waals surface area contributed by atoms with Crippen LogP contribution in [0.5, 0.6) is 11.5 Å². The molecule has 0 N–H and O–H groups in total. The van der Waals surface area contributed by atoms with Crippen LogP contribution in [0, 0.1) is 0 Å². The molecule has 1 aliphatic heterocycles. The van der Waals surface area contributed by atoms with Gasteiger partial charge in [-0.2, -0.15) is 0 Å². The van der Waals surface area contributed by atoms with E-state index in [0.29, 0.717) is 18.1 Å². The second kappa shape index (κ2) is 8.36. The number of ether oxygens (including phenoxy) is 4. The van der Waals surface area contributed by atoms with Crippen LogP contribution in [0.3, 0.4) is 0 Å². The van der Waals surface area contributed by atoms with E-state index in [-0.39, 0.29) is 12.8 Å². The fourth-order valence-electron chi connectivity index (χ4n) is 2.49. The summed E-state index contributed by atoms with van der Waals surface area (Å²) in [6.07, 6.45) is 3.32. The molecule has 0 radical (unpaired) electrons. The van der Waals surface area contributed by atoms with E-state index >= 15 is 0 Å². The maximum atomic E-state index is 11.8. The molecule has 5 nitrogen and oxygen atoms in total. The number of allylic oxidation sites excluding steroid dienone is 1. The van der Waals surface area contributed by atoms with Gasteiger partial charge in [-0.25, -0.2) is 4.79 Å². The van der Waals surface area contributed by atoms with Crippen molar-refractivity contribution in [3.63, 3.8) is 0 Å². The predicted octanol–water partition coefficient (Wildman–Crippen LogP) is 4.05. The maximum Gasteiger partial charge on any atom is 0.336 e. The van der Waals surface area contributed by atoms with Crippen LogP contribution in [0.25, 0.3) is 11.6 Å². The molecule has 0 unspecified atom stereocenters. The van der Waals surface area contributed by atoms with E-state index in [1.54, 1.807) is 7.11 Å². The monoisotopic (exact) mass is 352 g/mol. The van der Waals surface area contributed by atoms with Crippen molar-refractivity contribution in [2.45, 2.75) is 6.92 Å². The molecule has 134 valence electrons. The Morgan fingerprint density at radius 1 is 1.00 bits per heavy atom. The first-order chi connectivity index (χ1) is 12.7. The van der Waals surface area contributed by atoms with Gasteiger partial charge in [-0.05, 0) is 48.4 Å². The molecular weight excluding hydrogens is 332 g/mol. The molecule has 0 amide bonds. The van der Waals surface area contributed by atoms with Crippen LogP contribution in [0.15, 0.2) is 60.4 Å². The van der Waals surface area contributed by atoms with Crippen molar-refractivity contribution in [3.8, 4) is 11.5 Å². The molecule has 0 saturated carbocycles. The maximum absolute atomic E-state index is 11.8. The lowest BCUT2D eigenvalue weighted by atomic mass is 10.0. The van der Waals surface area contributed by atoms with Gasteiger partial charge in [-0.3, -0.25) is 0 Å². The number of carbonyl (C=O) groups is 1. The first-order valence-electron chi connectivity index (χ1n) is 8.30. The van der Waals surface area contributed by atoms with Gasteiger partial charge in [0, 0.05) is 18.3 Å². The number of hydrogen-bond acceptors (Lipinski definition) is 5. The van der Waals surface area contributed by atoms with Gasteiger partial charge >= 0.3 is 5.97 Å². The van der Waals surface area contributed by atoms with Crippen molar-refractivity contribution in [1.29, 1.82) is 0 Å². The van der Waals surface area contributed by atoms with Crippen molar-refractivity contribution in [1.82, 2.24) is 0 Å². The van der Waals surface area contributed by atoms with Crippen LogP contribution in [-0.4, -0.2) is 26.5 Å². The van der Waals surface area contributed by atoms with Crippen molar-refractivity contribution < 1.29 is 23.7 Å². The summed E-state index contributed by atoms with van der Waals surface area (Å²) in [5.74, 6) is 1.61. The summed E-state index contributed by atoms with van der Waals surface area (Å²) < 4.78 is 21.1. The fraction of sp³-hybridized carbons (Fsp3) is 0.190. The SMILES string of the molecule is CCOCOc1ccc(C2=CC(=O)O/C2=C\c2ccc(OC)cc2)cc1. The average Bonchev–Trinajstić information content (AvgIpc) is 3.03. The third-order valence-corrected chi connectivity index (χ3v) is 3.83. The van der Waals surface area contributed by atoms with Crippen LogP contribution < -0.4 is 9.47 Å². The van der Waals surface area contributed by atoms with Crippen LogP contribution >= 0.6 is 0 Å². The highest BCUT2D eigenvalue weighted by Crippen LogP contribution is 2.32. The predicted molar refractivity (Wildman–Crippen MR) is 98.6 cm³/mol. The van der Waals surface area contributed by atoms with Crippen molar-refractivity contribution in [2.75, 3.05) is 20.5 Å². The Kier molecular flexibility index (Phi) is 5.71. The van der Waals surface area contributed by atoms with Crippen molar-refractivity contribution in [3.05, 3.63) is 71.5 Å². The third kappa shape index (κ3) is 4.32. The molecule has 1 aliphatic rings. The van der Waals surface area contributed by atoms with Gasteiger partial charge in [0.25, 0.3) is 0 Å². The quantitative estimate of drug-likeness (QED) is 0.427. The van der Waals surface area contributed by atoms with Gasteiger partial charge in [0.2, 0.25) is 0 Å². The number of methoxy groups -OCH3 is 1. The normalized spacial score (nSPS) is 14.9. The Morgan fingerprint density at radius 2 is 1.69 bits per heavy atom. The molecular formula is C21H20O5. The summed E-state index contributed by atoms with van der Waals surface area (Å²) in [5.41, 5.74) is 2.53. The number of cyclic esters (lactones) is 1. The number of rotatable bonds is 7. The van der Waals surface area contributed by atoms with E-state index in [4.69, 9.17) is 18.9 Å². The van der Waals surface area contributed by atoms with Crippen molar-refractivity contribution in [2.24, 2.45) is 0 Å². The Bertz CT molecular complexity index is 816. The van der Waals surface area contributed by atoms with E-state index in [0.717, 1.165) is 22.4 Å². The number of carbonyl (C=O) groups excluding carboxylic acids is 1. The molecule has 26 heavy (non-hydrogen) atoms. The molecule has 2 aromatic rings. The third-order valence-electron chi connectivity index (χ3n) is 3.83. The fourth-order valence-corrected chi connectivity index (χ4v) is 2.49. The molecule has 0 saturated heterocycles. The molecule has 0 spiro atoms. The van der Waals surface area contributed by atoms with Gasteiger partial charge in [-0.1, -0.05) is 24.3 Å². The molecule has 0 aromatic heterocycles. The van der Waals surface area contributed by atoms with Crippen LogP contribution in [0.2, 0.25) is 0 Å². The highest BCUT2D eigenvalue weighted by atomic mass is 16.7. The van der Waals surface area contributed by atoms with E-state index in [2.05, 4.69) is 0 Å². The van der Waals surface area contributed by atoms with E-state index in [9.17, 15) is 4.79 Å². The molecule has 0 atom stereocenters. The minimum Gasteiger partial charge on any atom is -0.497 e. The highest BCUT2D eigenvalue weighted by molar-refractivity contribution is 6.03. The van der Waals surface area contributed by atoms with Crippen molar-refractivity contribution >= 4 is 17.6 Å². The first kappa shape index (κ1) is 17.8. The zero-order chi connectivity index (χ0) is 18.4. The Labute approximate surface area is 152 Å². The highest BCUT2D eigenvalue weighted by Gasteiger charge is 2.21. The first-order valence-corrected chi connectivity index (χ1v) is 8.30. The summed E-state index contributed by atoms with van der Waals surface area (Å²) in [4.78, 5) is 11.8. The largest absolute Gasteiger partial charge is 0.497 e. The molecule has 1 heterocycles. The van der Waals surface area contributed by atoms with E-state index < -0.39 is 0 Å². The molecule has 0 aliphatic carbocycles.